The van der Waals surface area contributed by atoms with Crippen LogP contribution in [0.4, 0.5) is 5.69 Å². The molecule has 24 heavy (non-hydrogen) atoms. The van der Waals surface area contributed by atoms with Gasteiger partial charge in [-0.3, -0.25) is 4.79 Å². The quantitative estimate of drug-likeness (QED) is 0.797. The van der Waals surface area contributed by atoms with E-state index in [1.807, 2.05) is 25.2 Å². The summed E-state index contributed by atoms with van der Waals surface area (Å²) in [6, 6.07) is 10.2. The van der Waals surface area contributed by atoms with E-state index in [9.17, 15) is 4.79 Å². The van der Waals surface area contributed by atoms with E-state index in [0.29, 0.717) is 6.54 Å². The predicted octanol–water partition coefficient (Wildman–Crippen LogP) is 2.22. The van der Waals surface area contributed by atoms with E-state index in [1.165, 1.54) is 0 Å². The first-order valence-corrected chi connectivity index (χ1v) is 7.94. The number of nitrogens with zero attached hydrogens (tertiary/aromatic N) is 1. The van der Waals surface area contributed by atoms with Crippen molar-refractivity contribution in [2.24, 2.45) is 11.7 Å². The molecule has 0 aromatic heterocycles. The molecule has 3 atom stereocenters. The minimum absolute atomic E-state index is 0. The summed E-state index contributed by atoms with van der Waals surface area (Å²) >= 11 is 0. The van der Waals surface area contributed by atoms with Crippen molar-refractivity contribution in [1.29, 1.82) is 0 Å². The van der Waals surface area contributed by atoms with E-state index in [-0.39, 0.29) is 48.8 Å². The normalized spacial score (nSPS) is 22.7. The van der Waals surface area contributed by atoms with Crippen LogP contribution >= 0.6 is 24.8 Å². The van der Waals surface area contributed by atoms with Crippen LogP contribution in [0.1, 0.15) is 19.3 Å². The highest BCUT2D eigenvalue weighted by molar-refractivity contribution is 5.85. The number of para-hydroxylation sites is 1. The molecule has 0 unspecified atom stereocenters. The fourth-order valence-corrected chi connectivity index (χ4v) is 2.96. The number of methoxy groups -OCH3 is 1. The predicted molar refractivity (Wildman–Crippen MR) is 103 cm³/mol. The van der Waals surface area contributed by atoms with Gasteiger partial charge in [0.15, 0.2) is 0 Å². The van der Waals surface area contributed by atoms with Gasteiger partial charge in [0.2, 0.25) is 5.91 Å². The van der Waals surface area contributed by atoms with Gasteiger partial charge in [-0.15, -0.1) is 24.8 Å². The van der Waals surface area contributed by atoms with Crippen LogP contribution in [0, 0.1) is 5.92 Å². The van der Waals surface area contributed by atoms with Crippen molar-refractivity contribution in [2.45, 2.75) is 31.4 Å². The molecule has 0 saturated heterocycles. The molecule has 0 aliphatic heterocycles. The zero-order valence-electron chi connectivity index (χ0n) is 14.3. The Kier molecular flexibility index (Phi) is 11.0. The third kappa shape index (κ3) is 6.48. The first kappa shape index (κ1) is 23.0. The van der Waals surface area contributed by atoms with Crippen LogP contribution in [0.3, 0.4) is 0 Å². The molecule has 1 aromatic rings. The number of amides is 1. The Hall–Kier alpha value is -1.01. The van der Waals surface area contributed by atoms with Gasteiger partial charge in [0.05, 0.1) is 6.10 Å². The lowest BCUT2D eigenvalue weighted by Crippen LogP contribution is -2.46. The van der Waals surface area contributed by atoms with Crippen molar-refractivity contribution in [3.05, 3.63) is 30.3 Å². The SMILES string of the molecule is CO[C@H]1C[C@@H](C(=O)NCCN(C)c2ccccc2)CC[C@@H]1N.Cl.Cl. The third-order valence-corrected chi connectivity index (χ3v) is 4.46. The number of rotatable bonds is 6. The zero-order chi connectivity index (χ0) is 15.9. The highest BCUT2D eigenvalue weighted by atomic mass is 35.5. The second kappa shape index (κ2) is 11.5. The maximum Gasteiger partial charge on any atom is 0.223 e. The largest absolute Gasteiger partial charge is 0.380 e. The molecule has 1 aromatic carbocycles. The Morgan fingerprint density at radius 2 is 1.96 bits per heavy atom. The fraction of sp³-hybridized carbons (Fsp3) is 0.588. The lowest BCUT2D eigenvalue weighted by Gasteiger charge is -2.32. The van der Waals surface area contributed by atoms with Gasteiger partial charge in [0.25, 0.3) is 0 Å². The average Bonchev–Trinajstić information content (AvgIpc) is 2.55. The lowest BCUT2D eigenvalue weighted by atomic mass is 9.83. The monoisotopic (exact) mass is 377 g/mol. The molecule has 1 aliphatic rings. The number of nitrogens with one attached hydrogen (secondary N) is 1. The summed E-state index contributed by atoms with van der Waals surface area (Å²) in [4.78, 5) is 14.4. The smallest absolute Gasteiger partial charge is 0.223 e. The molecule has 3 N–H and O–H groups in total. The van der Waals surface area contributed by atoms with Crippen LogP contribution in [0.25, 0.3) is 0 Å². The van der Waals surface area contributed by atoms with Crippen molar-refractivity contribution in [3.8, 4) is 0 Å². The summed E-state index contributed by atoms with van der Waals surface area (Å²) in [5.74, 6) is 0.141. The number of hydrogen-bond acceptors (Lipinski definition) is 4. The molecule has 1 fully saturated rings. The Morgan fingerprint density at radius 3 is 2.58 bits per heavy atom. The first-order chi connectivity index (χ1) is 10.6. The second-order valence-corrected chi connectivity index (χ2v) is 6.00. The Bertz CT molecular complexity index is 476. The number of carbonyl (C=O) groups is 1. The van der Waals surface area contributed by atoms with E-state index in [4.69, 9.17) is 10.5 Å². The summed E-state index contributed by atoms with van der Waals surface area (Å²) in [5.41, 5.74) is 7.15. The van der Waals surface area contributed by atoms with Gasteiger partial charge in [-0.2, -0.15) is 0 Å². The summed E-state index contributed by atoms with van der Waals surface area (Å²) in [6.07, 6.45) is 2.41. The van der Waals surface area contributed by atoms with E-state index < -0.39 is 0 Å². The van der Waals surface area contributed by atoms with Crippen molar-refractivity contribution >= 4 is 36.4 Å². The second-order valence-electron chi connectivity index (χ2n) is 6.00. The van der Waals surface area contributed by atoms with Gasteiger partial charge in [0, 0.05) is 44.9 Å². The number of nitrogens with two attached hydrogens (primary N) is 1. The van der Waals surface area contributed by atoms with Gasteiger partial charge < -0.3 is 20.7 Å². The van der Waals surface area contributed by atoms with Crippen molar-refractivity contribution < 1.29 is 9.53 Å². The molecule has 1 amide bonds. The number of likely N-dealkylation sites (N-methyl/N-ethyl adjacent to an activating group) is 1. The number of hydrogen-bond donors (Lipinski definition) is 2. The van der Waals surface area contributed by atoms with Gasteiger partial charge >= 0.3 is 0 Å². The first-order valence-electron chi connectivity index (χ1n) is 7.94. The summed E-state index contributed by atoms with van der Waals surface area (Å²) < 4.78 is 5.37. The Labute approximate surface area is 157 Å². The van der Waals surface area contributed by atoms with Crippen LogP contribution in [0.5, 0.6) is 0 Å². The molecule has 5 nitrogen and oxygen atoms in total. The number of ether oxygens (including phenoxy) is 1. The highest BCUT2D eigenvalue weighted by Crippen LogP contribution is 2.25. The minimum atomic E-state index is -0.00325. The molecule has 1 saturated carbocycles. The Morgan fingerprint density at radius 1 is 1.29 bits per heavy atom. The maximum atomic E-state index is 12.3. The average molecular weight is 378 g/mol. The van der Waals surface area contributed by atoms with E-state index in [1.54, 1.807) is 7.11 Å². The molecule has 0 bridgehead atoms. The topological polar surface area (TPSA) is 67.6 Å². The number of carbonyl (C=O) groups excluding carboxylic acids is 1. The van der Waals surface area contributed by atoms with Crippen LogP contribution in [-0.2, 0) is 9.53 Å². The van der Waals surface area contributed by atoms with Crippen LogP contribution in [-0.4, -0.2) is 45.3 Å². The van der Waals surface area contributed by atoms with Crippen LogP contribution in [0.15, 0.2) is 30.3 Å². The molecule has 1 aliphatic carbocycles. The molecule has 0 radical (unpaired) electrons. The van der Waals surface area contributed by atoms with Gasteiger partial charge in [-0.05, 0) is 31.4 Å². The minimum Gasteiger partial charge on any atom is -0.380 e. The summed E-state index contributed by atoms with van der Waals surface area (Å²) in [7, 11) is 3.70. The van der Waals surface area contributed by atoms with E-state index in [2.05, 4.69) is 22.3 Å². The van der Waals surface area contributed by atoms with Gasteiger partial charge in [0.1, 0.15) is 0 Å². The number of benzene rings is 1. The molecule has 0 heterocycles. The molecule has 138 valence electrons. The molecular formula is C17H29Cl2N3O2. The summed E-state index contributed by atoms with van der Waals surface area (Å²) in [6.45, 7) is 1.43. The molecule has 2 rings (SSSR count). The van der Waals surface area contributed by atoms with E-state index >= 15 is 0 Å². The van der Waals surface area contributed by atoms with Crippen molar-refractivity contribution in [3.63, 3.8) is 0 Å². The zero-order valence-corrected chi connectivity index (χ0v) is 15.9. The molecular weight excluding hydrogens is 349 g/mol. The summed E-state index contributed by atoms with van der Waals surface area (Å²) in [5, 5.41) is 3.04. The third-order valence-electron chi connectivity index (χ3n) is 4.46. The van der Waals surface area contributed by atoms with Crippen molar-refractivity contribution in [2.75, 3.05) is 32.1 Å². The standard InChI is InChI=1S/C17H27N3O2.2ClH/c1-20(14-6-4-3-5-7-14)11-10-19-17(21)13-8-9-15(18)16(12-13)22-2;;/h3-7,13,15-16H,8-12,18H2,1-2H3,(H,19,21);2*1H/t13-,15-,16-;;/m0../s1. The van der Waals surface area contributed by atoms with Crippen LogP contribution < -0.4 is 16.0 Å². The number of halogens is 2. The Balaban J connectivity index is 0.00000264. The maximum absolute atomic E-state index is 12.3. The van der Waals surface area contributed by atoms with Gasteiger partial charge in [-0.25, -0.2) is 0 Å². The fourth-order valence-electron chi connectivity index (χ4n) is 2.96. The number of anilines is 1. The molecule has 7 heteroatoms. The van der Waals surface area contributed by atoms with Crippen molar-refractivity contribution in [1.82, 2.24) is 5.32 Å². The van der Waals surface area contributed by atoms with E-state index in [0.717, 1.165) is 31.5 Å². The van der Waals surface area contributed by atoms with Gasteiger partial charge in [-0.1, -0.05) is 18.2 Å². The molecule has 0 spiro atoms. The van der Waals surface area contributed by atoms with Crippen LogP contribution in [0.2, 0.25) is 0 Å². The lowest BCUT2D eigenvalue weighted by molar-refractivity contribution is -0.127. The highest BCUT2D eigenvalue weighted by Gasteiger charge is 2.31.